The fourth-order valence-electron chi connectivity index (χ4n) is 6.30. The molecule has 2 aromatic carbocycles. The molecule has 54 heavy (non-hydrogen) atoms. The number of rotatable bonds is 25. The van der Waals surface area contributed by atoms with Gasteiger partial charge in [-0.05, 0) is 67.6 Å². The fraction of sp³-hybridized carbons (Fsp3) is 0.595. The normalized spacial score (nSPS) is 12.6. The smallest absolute Gasteiger partial charge is 0.265 e. The Balaban J connectivity index is 1.27. The molecule has 0 saturated heterocycles. The predicted molar refractivity (Wildman–Crippen MR) is 220 cm³/mol. The van der Waals surface area contributed by atoms with E-state index in [1.165, 1.54) is 44.9 Å². The lowest BCUT2D eigenvalue weighted by molar-refractivity contribution is -0.123. The van der Waals surface area contributed by atoms with Crippen LogP contribution in [0.4, 0.5) is 5.69 Å². The summed E-state index contributed by atoms with van der Waals surface area (Å²) in [6, 6.07) is 14.4. The van der Waals surface area contributed by atoms with Gasteiger partial charge in [0, 0.05) is 17.5 Å². The number of unbranched alkanes of at least 4 members (excludes halogenated alkanes) is 10. The van der Waals surface area contributed by atoms with Crippen molar-refractivity contribution in [3.63, 3.8) is 0 Å². The summed E-state index contributed by atoms with van der Waals surface area (Å²) < 4.78 is 38.8. The Kier molecular flexibility index (Phi) is 17.2. The average molecular weight is 785 g/mol. The van der Waals surface area contributed by atoms with E-state index in [0.717, 1.165) is 37.8 Å². The van der Waals surface area contributed by atoms with Gasteiger partial charge in [-0.1, -0.05) is 123 Å². The van der Waals surface area contributed by atoms with Crippen molar-refractivity contribution in [2.24, 2.45) is 0 Å². The molecule has 2 N–H and O–H groups in total. The number of aromatic nitrogens is 4. The van der Waals surface area contributed by atoms with Crippen LogP contribution in [-0.4, -0.2) is 52.6 Å². The molecular formula is C42H62ClN5O5S. The molecule has 0 aliphatic heterocycles. The molecular weight excluding hydrogens is 722 g/mol. The predicted octanol–water partition coefficient (Wildman–Crippen LogP) is 10.4. The zero-order chi connectivity index (χ0) is 39.0. The second kappa shape index (κ2) is 21.5. The van der Waals surface area contributed by atoms with E-state index in [0.29, 0.717) is 65.1 Å². The summed E-state index contributed by atoms with van der Waals surface area (Å²) in [7, 11) is -3.16. The Morgan fingerprint density at radius 1 is 0.852 bits per heavy atom. The Morgan fingerprint density at radius 2 is 1.46 bits per heavy atom. The van der Waals surface area contributed by atoms with Crippen molar-refractivity contribution >= 4 is 38.7 Å². The first kappa shape index (κ1) is 43.2. The van der Waals surface area contributed by atoms with Gasteiger partial charge in [-0.25, -0.2) is 13.4 Å². The molecule has 4 rings (SSSR count). The Labute approximate surface area is 328 Å². The molecule has 0 saturated carbocycles. The summed E-state index contributed by atoms with van der Waals surface area (Å²) in [5.74, 6) is 1.91. The minimum atomic E-state index is -3.16. The molecule has 0 fully saturated rings. The number of sulfone groups is 1. The van der Waals surface area contributed by atoms with Crippen LogP contribution in [0.3, 0.4) is 0 Å². The van der Waals surface area contributed by atoms with Crippen molar-refractivity contribution in [2.75, 3.05) is 17.7 Å². The van der Waals surface area contributed by atoms with E-state index in [1.807, 2.05) is 31.2 Å². The van der Waals surface area contributed by atoms with Crippen molar-refractivity contribution in [1.29, 1.82) is 0 Å². The van der Waals surface area contributed by atoms with E-state index in [4.69, 9.17) is 21.1 Å². The van der Waals surface area contributed by atoms with Crippen LogP contribution in [0.2, 0.25) is 5.02 Å². The van der Waals surface area contributed by atoms with Crippen molar-refractivity contribution in [3.8, 4) is 11.5 Å². The molecule has 0 aliphatic carbocycles. The lowest BCUT2D eigenvalue weighted by atomic mass is 9.92. The highest BCUT2D eigenvalue weighted by Gasteiger charge is 2.24. The third-order valence-corrected chi connectivity index (χ3v) is 11.5. The lowest BCUT2D eigenvalue weighted by Gasteiger charge is -2.19. The molecule has 2 heterocycles. The van der Waals surface area contributed by atoms with Gasteiger partial charge >= 0.3 is 0 Å². The highest BCUT2D eigenvalue weighted by Crippen LogP contribution is 2.31. The number of fused-ring (bicyclic) bond motifs is 1. The summed E-state index contributed by atoms with van der Waals surface area (Å²) >= 11 is 6.56. The van der Waals surface area contributed by atoms with Crippen LogP contribution >= 0.6 is 11.6 Å². The SMILES string of the molecule is CCCCCCCCCCCCC(Oc1ccc(CS(=O)(=O)CCCC)cc1)C(=O)Nc1ccc(OCCCc2nc3c(Cl)c(C(C)(C)C)[nH]n3n2)cc1. The summed E-state index contributed by atoms with van der Waals surface area (Å²) in [4.78, 5) is 18.2. The van der Waals surface area contributed by atoms with Gasteiger partial charge in [0.15, 0.2) is 27.4 Å². The zero-order valence-electron chi connectivity index (χ0n) is 33.1. The van der Waals surface area contributed by atoms with Gasteiger partial charge < -0.3 is 14.8 Å². The number of hydrogen-bond acceptors (Lipinski definition) is 7. The number of carbonyl (C=O) groups excluding carboxylic acids is 1. The number of hydrogen-bond donors (Lipinski definition) is 2. The number of carbonyl (C=O) groups is 1. The second-order valence-corrected chi connectivity index (χ2v) is 18.0. The third kappa shape index (κ3) is 14.3. The first-order valence-electron chi connectivity index (χ1n) is 20.0. The summed E-state index contributed by atoms with van der Waals surface area (Å²) in [5.41, 5.74) is 2.78. The van der Waals surface area contributed by atoms with Gasteiger partial charge in [0.05, 0.1) is 23.8 Å². The quantitative estimate of drug-likeness (QED) is 0.0641. The molecule has 4 aromatic rings. The number of amides is 1. The van der Waals surface area contributed by atoms with E-state index in [1.54, 1.807) is 28.9 Å². The Bertz CT molecular complexity index is 1810. The minimum Gasteiger partial charge on any atom is -0.494 e. The molecule has 10 nitrogen and oxygen atoms in total. The highest BCUT2D eigenvalue weighted by molar-refractivity contribution is 7.90. The van der Waals surface area contributed by atoms with Gasteiger partial charge in [0.1, 0.15) is 16.5 Å². The van der Waals surface area contributed by atoms with Gasteiger partial charge in [-0.3, -0.25) is 9.89 Å². The molecule has 0 spiro atoms. The summed E-state index contributed by atoms with van der Waals surface area (Å²) in [5, 5.41) is 11.4. The van der Waals surface area contributed by atoms with Gasteiger partial charge in [0.25, 0.3) is 5.91 Å². The van der Waals surface area contributed by atoms with Crippen LogP contribution in [-0.2, 0) is 32.2 Å². The summed E-state index contributed by atoms with van der Waals surface area (Å²) in [6.45, 7) is 11.0. The van der Waals surface area contributed by atoms with Gasteiger partial charge in [-0.15, -0.1) is 5.10 Å². The second-order valence-electron chi connectivity index (χ2n) is 15.4. The van der Waals surface area contributed by atoms with Crippen molar-refractivity contribution < 1.29 is 22.7 Å². The number of anilines is 1. The van der Waals surface area contributed by atoms with Crippen molar-refractivity contribution in [3.05, 3.63) is 70.6 Å². The zero-order valence-corrected chi connectivity index (χ0v) is 34.7. The highest BCUT2D eigenvalue weighted by atomic mass is 35.5. The van der Waals surface area contributed by atoms with E-state index in [2.05, 4.69) is 48.2 Å². The largest absolute Gasteiger partial charge is 0.494 e. The maximum Gasteiger partial charge on any atom is 0.265 e. The number of H-pyrrole nitrogens is 1. The monoisotopic (exact) mass is 783 g/mol. The number of aryl methyl sites for hydroxylation is 1. The van der Waals surface area contributed by atoms with E-state index < -0.39 is 15.9 Å². The Hall–Kier alpha value is -3.57. The van der Waals surface area contributed by atoms with Crippen LogP contribution < -0.4 is 14.8 Å². The third-order valence-electron chi connectivity index (χ3n) is 9.48. The molecule has 0 aliphatic rings. The van der Waals surface area contributed by atoms with Crippen LogP contribution in [0.1, 0.15) is 142 Å². The fourth-order valence-corrected chi connectivity index (χ4v) is 8.32. The van der Waals surface area contributed by atoms with Crippen LogP contribution in [0.25, 0.3) is 5.65 Å². The molecule has 298 valence electrons. The van der Waals surface area contributed by atoms with Crippen LogP contribution in [0.5, 0.6) is 11.5 Å². The molecule has 1 unspecified atom stereocenters. The average Bonchev–Trinajstić information content (AvgIpc) is 3.69. The van der Waals surface area contributed by atoms with Crippen molar-refractivity contribution in [2.45, 2.75) is 148 Å². The number of halogens is 1. The van der Waals surface area contributed by atoms with Gasteiger partial charge in [0.2, 0.25) is 0 Å². The number of ether oxygens (including phenoxy) is 2. The lowest BCUT2D eigenvalue weighted by Crippen LogP contribution is -2.33. The maximum atomic E-state index is 13.6. The standard InChI is InChI=1S/C42H62ClN5O5S/c1-6-8-10-11-12-13-14-15-16-17-19-36(53-35-25-21-32(22-26-35)31-54(50,51)30-9-7-2)41(49)44-33-23-27-34(28-24-33)52-29-18-20-37-45-40-38(43)39(42(3,4)5)47-48(40)46-37/h21-28,36,47H,6-20,29-31H2,1-5H3,(H,44,49). The van der Waals surface area contributed by atoms with Crippen molar-refractivity contribution in [1.82, 2.24) is 19.8 Å². The minimum absolute atomic E-state index is 0.00231. The topological polar surface area (TPSA) is 128 Å². The van der Waals surface area contributed by atoms with E-state index >= 15 is 0 Å². The molecule has 1 atom stereocenters. The number of benzene rings is 2. The Morgan fingerprint density at radius 3 is 2.07 bits per heavy atom. The molecule has 2 aromatic heterocycles. The van der Waals surface area contributed by atoms with Crippen LogP contribution in [0.15, 0.2) is 48.5 Å². The molecule has 1 amide bonds. The van der Waals surface area contributed by atoms with E-state index in [-0.39, 0.29) is 22.8 Å². The number of nitrogens with zero attached hydrogens (tertiary/aromatic N) is 3. The summed E-state index contributed by atoms with van der Waals surface area (Å²) in [6.07, 6.45) is 14.8. The molecule has 0 bridgehead atoms. The molecule has 12 heteroatoms. The maximum absolute atomic E-state index is 13.6. The molecule has 0 radical (unpaired) electrons. The first-order chi connectivity index (χ1) is 25.9. The number of nitrogens with one attached hydrogen (secondary N) is 2. The first-order valence-corrected chi connectivity index (χ1v) is 22.2. The van der Waals surface area contributed by atoms with Gasteiger partial charge in [-0.2, -0.15) is 4.63 Å². The van der Waals surface area contributed by atoms with E-state index in [9.17, 15) is 13.2 Å². The van der Waals surface area contributed by atoms with Crippen LogP contribution in [0, 0.1) is 0 Å². The number of aromatic amines is 1.